The van der Waals surface area contributed by atoms with Gasteiger partial charge in [0, 0.05) is 22.5 Å². The first-order chi connectivity index (χ1) is 15.6. The normalized spacial score (nSPS) is 10.8. The number of anilines is 1. The number of aromatic nitrogens is 4. The summed E-state index contributed by atoms with van der Waals surface area (Å²) in [6, 6.07) is 17.0. The third-order valence-electron chi connectivity index (χ3n) is 4.44. The number of carbonyl (C=O) groups is 1. The summed E-state index contributed by atoms with van der Waals surface area (Å²) >= 11 is 8.63. The third-order valence-corrected chi connectivity index (χ3v) is 6.42. The van der Waals surface area contributed by atoms with Gasteiger partial charge in [-0.15, -0.1) is 21.5 Å². The lowest BCUT2D eigenvalue weighted by Gasteiger charge is -2.09. The zero-order chi connectivity index (χ0) is 22.3. The molecule has 0 saturated heterocycles. The summed E-state index contributed by atoms with van der Waals surface area (Å²) in [4.78, 5) is 16.9. The molecule has 0 saturated carbocycles. The standard InChI is InChI=1S/C22H20ClN5O2S2/c1-2-28-19(12-30-17-10-8-16(23)9-11-17)26-27-22(28)32-14-20(29)25-21-24-18(13-31-21)15-6-4-3-5-7-15/h3-11,13H,2,12,14H2,1H3,(H,24,25,29). The highest BCUT2D eigenvalue weighted by atomic mass is 35.5. The molecule has 4 aromatic rings. The van der Waals surface area contributed by atoms with Crippen molar-refractivity contribution in [2.45, 2.75) is 25.2 Å². The van der Waals surface area contributed by atoms with E-state index in [1.165, 1.54) is 23.1 Å². The van der Waals surface area contributed by atoms with E-state index in [1.54, 1.807) is 24.3 Å². The molecule has 4 rings (SSSR count). The average molecular weight is 486 g/mol. The van der Waals surface area contributed by atoms with E-state index < -0.39 is 0 Å². The van der Waals surface area contributed by atoms with E-state index in [2.05, 4.69) is 20.5 Å². The number of thioether (sulfide) groups is 1. The lowest BCUT2D eigenvalue weighted by atomic mass is 10.2. The second-order valence-electron chi connectivity index (χ2n) is 6.63. The molecule has 0 bridgehead atoms. The molecule has 2 heterocycles. The first-order valence-corrected chi connectivity index (χ1v) is 12.1. The van der Waals surface area contributed by atoms with Crippen LogP contribution in [0.3, 0.4) is 0 Å². The van der Waals surface area contributed by atoms with Gasteiger partial charge < -0.3 is 14.6 Å². The molecular formula is C22H20ClN5O2S2. The van der Waals surface area contributed by atoms with Gasteiger partial charge in [-0.2, -0.15) is 0 Å². The minimum atomic E-state index is -0.145. The van der Waals surface area contributed by atoms with Crippen LogP contribution in [0.15, 0.2) is 65.1 Å². The summed E-state index contributed by atoms with van der Waals surface area (Å²) in [5.41, 5.74) is 1.86. The van der Waals surface area contributed by atoms with Crippen molar-refractivity contribution in [3.05, 3.63) is 70.8 Å². The molecule has 1 N–H and O–H groups in total. The average Bonchev–Trinajstić information content (AvgIpc) is 3.44. The first-order valence-electron chi connectivity index (χ1n) is 9.86. The predicted molar refractivity (Wildman–Crippen MR) is 128 cm³/mol. The summed E-state index contributed by atoms with van der Waals surface area (Å²) < 4.78 is 7.70. The summed E-state index contributed by atoms with van der Waals surface area (Å²) in [6.07, 6.45) is 0. The Morgan fingerprint density at radius 1 is 1.16 bits per heavy atom. The predicted octanol–water partition coefficient (Wildman–Crippen LogP) is 5.38. The number of rotatable bonds is 9. The van der Waals surface area contributed by atoms with Gasteiger partial charge in [-0.25, -0.2) is 4.98 Å². The van der Waals surface area contributed by atoms with Crippen LogP contribution in [0.5, 0.6) is 5.75 Å². The molecule has 0 atom stereocenters. The first kappa shape index (κ1) is 22.3. The molecule has 32 heavy (non-hydrogen) atoms. The largest absolute Gasteiger partial charge is 0.486 e. The molecular weight excluding hydrogens is 466 g/mol. The SMILES string of the molecule is CCn1c(COc2ccc(Cl)cc2)nnc1SCC(=O)Nc1nc(-c2ccccc2)cs1. The summed E-state index contributed by atoms with van der Waals surface area (Å²) in [7, 11) is 0. The molecule has 1 amide bonds. The van der Waals surface area contributed by atoms with Gasteiger partial charge in [0.05, 0.1) is 11.4 Å². The van der Waals surface area contributed by atoms with Crippen molar-refractivity contribution < 1.29 is 9.53 Å². The number of benzene rings is 2. The molecule has 2 aromatic carbocycles. The monoisotopic (exact) mass is 485 g/mol. The van der Waals surface area contributed by atoms with Gasteiger partial charge in [0.15, 0.2) is 16.1 Å². The maximum absolute atomic E-state index is 12.4. The number of hydrogen-bond acceptors (Lipinski definition) is 7. The molecule has 2 aromatic heterocycles. The summed E-state index contributed by atoms with van der Waals surface area (Å²) in [6.45, 7) is 2.94. The molecule has 10 heteroatoms. The number of halogens is 1. The second-order valence-corrected chi connectivity index (χ2v) is 8.86. The van der Waals surface area contributed by atoms with Crippen LogP contribution in [-0.4, -0.2) is 31.4 Å². The topological polar surface area (TPSA) is 81.9 Å². The maximum atomic E-state index is 12.4. The van der Waals surface area contributed by atoms with E-state index in [4.69, 9.17) is 16.3 Å². The summed E-state index contributed by atoms with van der Waals surface area (Å²) in [5, 5.41) is 15.1. The van der Waals surface area contributed by atoms with E-state index >= 15 is 0 Å². The van der Waals surface area contributed by atoms with Crippen LogP contribution in [0.4, 0.5) is 5.13 Å². The molecule has 0 radical (unpaired) electrons. The van der Waals surface area contributed by atoms with Crippen LogP contribution in [0.25, 0.3) is 11.3 Å². The molecule has 0 fully saturated rings. The minimum Gasteiger partial charge on any atom is -0.486 e. The molecule has 0 aliphatic heterocycles. The van der Waals surface area contributed by atoms with Crippen LogP contribution >= 0.6 is 34.7 Å². The number of ether oxygens (including phenoxy) is 1. The Balaban J connectivity index is 1.32. The zero-order valence-electron chi connectivity index (χ0n) is 17.2. The molecule has 0 spiro atoms. The Morgan fingerprint density at radius 2 is 1.94 bits per heavy atom. The van der Waals surface area contributed by atoms with Crippen LogP contribution in [0.2, 0.25) is 5.02 Å². The number of nitrogens with zero attached hydrogens (tertiary/aromatic N) is 4. The van der Waals surface area contributed by atoms with E-state index in [1.807, 2.05) is 47.2 Å². The number of carbonyl (C=O) groups excluding carboxylic acids is 1. The fraction of sp³-hybridized carbons (Fsp3) is 0.182. The van der Waals surface area contributed by atoms with E-state index in [9.17, 15) is 4.79 Å². The maximum Gasteiger partial charge on any atom is 0.236 e. The molecule has 0 aliphatic carbocycles. The lowest BCUT2D eigenvalue weighted by molar-refractivity contribution is -0.113. The van der Waals surface area contributed by atoms with Crippen LogP contribution in [-0.2, 0) is 17.9 Å². The van der Waals surface area contributed by atoms with Gasteiger partial charge in [-0.05, 0) is 31.2 Å². The van der Waals surface area contributed by atoms with Crippen molar-refractivity contribution in [3.63, 3.8) is 0 Å². The fourth-order valence-corrected chi connectivity index (χ4v) is 4.57. The number of hydrogen-bond donors (Lipinski definition) is 1. The molecule has 0 unspecified atom stereocenters. The highest BCUT2D eigenvalue weighted by Gasteiger charge is 2.15. The minimum absolute atomic E-state index is 0.145. The smallest absolute Gasteiger partial charge is 0.236 e. The Labute approximate surface area is 198 Å². The molecule has 7 nitrogen and oxygen atoms in total. The Morgan fingerprint density at radius 3 is 2.69 bits per heavy atom. The van der Waals surface area contributed by atoms with Gasteiger partial charge >= 0.3 is 0 Å². The van der Waals surface area contributed by atoms with Gasteiger partial charge in [0.25, 0.3) is 0 Å². The Kier molecular flexibility index (Phi) is 7.41. The van der Waals surface area contributed by atoms with E-state index in [0.29, 0.717) is 33.4 Å². The van der Waals surface area contributed by atoms with Gasteiger partial charge in [-0.3, -0.25) is 4.79 Å². The zero-order valence-corrected chi connectivity index (χ0v) is 19.6. The van der Waals surface area contributed by atoms with Crippen LogP contribution in [0.1, 0.15) is 12.7 Å². The van der Waals surface area contributed by atoms with Crippen molar-refractivity contribution in [2.75, 3.05) is 11.1 Å². The number of nitrogens with one attached hydrogen (secondary N) is 1. The van der Waals surface area contributed by atoms with Gasteiger partial charge in [0.1, 0.15) is 12.4 Å². The number of amides is 1. The Bertz CT molecular complexity index is 1180. The van der Waals surface area contributed by atoms with Crippen molar-refractivity contribution >= 4 is 45.7 Å². The molecule has 0 aliphatic rings. The van der Waals surface area contributed by atoms with Crippen LogP contribution in [0, 0.1) is 0 Å². The van der Waals surface area contributed by atoms with Crippen molar-refractivity contribution in [3.8, 4) is 17.0 Å². The van der Waals surface area contributed by atoms with Crippen molar-refractivity contribution in [1.82, 2.24) is 19.7 Å². The van der Waals surface area contributed by atoms with Crippen molar-refractivity contribution in [2.24, 2.45) is 0 Å². The van der Waals surface area contributed by atoms with E-state index in [-0.39, 0.29) is 18.3 Å². The Hall–Kier alpha value is -2.88. The van der Waals surface area contributed by atoms with E-state index in [0.717, 1.165) is 11.3 Å². The number of thiazole rings is 1. The lowest BCUT2D eigenvalue weighted by Crippen LogP contribution is -2.14. The van der Waals surface area contributed by atoms with Gasteiger partial charge in [0.2, 0.25) is 5.91 Å². The molecule has 164 valence electrons. The summed E-state index contributed by atoms with van der Waals surface area (Å²) in [5.74, 6) is 1.45. The third kappa shape index (κ3) is 5.67. The highest BCUT2D eigenvalue weighted by molar-refractivity contribution is 7.99. The fourth-order valence-electron chi connectivity index (χ4n) is 2.89. The quantitative estimate of drug-likeness (QED) is 0.320. The second kappa shape index (κ2) is 10.6. The van der Waals surface area contributed by atoms with Crippen LogP contribution < -0.4 is 10.1 Å². The van der Waals surface area contributed by atoms with Crippen molar-refractivity contribution in [1.29, 1.82) is 0 Å². The van der Waals surface area contributed by atoms with Gasteiger partial charge in [-0.1, -0.05) is 53.7 Å². The highest BCUT2D eigenvalue weighted by Crippen LogP contribution is 2.25.